The van der Waals surface area contributed by atoms with Crippen LogP contribution in [0.4, 0.5) is 11.4 Å². The normalized spacial score (nSPS) is 11.3. The van der Waals surface area contributed by atoms with Gasteiger partial charge in [-0.3, -0.25) is 9.79 Å². The maximum Gasteiger partial charge on any atom is 0.221 e. The molecule has 0 saturated carbocycles. The molecular formula is C24H25N3O3. The third-order valence-electron chi connectivity index (χ3n) is 3.92. The Bertz CT molecular complexity index is 913. The number of anilines is 1. The summed E-state index contributed by atoms with van der Waals surface area (Å²) in [6.45, 7) is 9.24. The van der Waals surface area contributed by atoms with Crippen molar-refractivity contribution < 1.29 is 14.3 Å². The summed E-state index contributed by atoms with van der Waals surface area (Å²) in [5.41, 5.74) is 2.03. The first-order valence-corrected chi connectivity index (χ1v) is 9.48. The fourth-order valence-electron chi connectivity index (χ4n) is 2.66. The van der Waals surface area contributed by atoms with E-state index in [-0.39, 0.29) is 19.1 Å². The van der Waals surface area contributed by atoms with Gasteiger partial charge in [0.05, 0.1) is 17.7 Å². The van der Waals surface area contributed by atoms with Gasteiger partial charge in [0.2, 0.25) is 5.91 Å². The van der Waals surface area contributed by atoms with Crippen LogP contribution >= 0.6 is 0 Å². The molecule has 1 unspecified atom stereocenters. The van der Waals surface area contributed by atoms with Crippen molar-refractivity contribution in [2.24, 2.45) is 10.9 Å². The highest BCUT2D eigenvalue weighted by molar-refractivity contribution is 5.92. The molecule has 0 fully saturated rings. The van der Waals surface area contributed by atoms with E-state index in [4.69, 9.17) is 9.47 Å². The number of nitrogens with one attached hydrogen (secondary N) is 1. The van der Waals surface area contributed by atoms with E-state index in [1.807, 2.05) is 30.3 Å². The second kappa shape index (κ2) is 11.9. The molecule has 2 rings (SSSR count). The molecule has 0 heterocycles. The fraction of sp³-hybridized carbons (Fsp3) is 0.208. The van der Waals surface area contributed by atoms with Gasteiger partial charge in [0.1, 0.15) is 30.4 Å². The monoisotopic (exact) mass is 403 g/mol. The molecule has 6 heteroatoms. The Morgan fingerprint density at radius 1 is 1.17 bits per heavy atom. The smallest absolute Gasteiger partial charge is 0.221 e. The maximum atomic E-state index is 11.7. The summed E-state index contributed by atoms with van der Waals surface area (Å²) in [7, 11) is 0. The topological polar surface area (TPSA) is 83.7 Å². The van der Waals surface area contributed by atoms with E-state index in [2.05, 4.69) is 29.5 Å². The van der Waals surface area contributed by atoms with Gasteiger partial charge in [-0.2, -0.15) is 5.26 Å². The summed E-state index contributed by atoms with van der Waals surface area (Å²) in [5.74, 6) is 0.188. The number of benzene rings is 2. The number of para-hydroxylation sites is 1. The zero-order chi connectivity index (χ0) is 21.8. The van der Waals surface area contributed by atoms with Crippen molar-refractivity contribution in [2.75, 3.05) is 18.5 Å². The van der Waals surface area contributed by atoms with E-state index in [9.17, 15) is 10.1 Å². The molecule has 0 aliphatic heterocycles. The van der Waals surface area contributed by atoms with Crippen molar-refractivity contribution >= 4 is 23.5 Å². The van der Waals surface area contributed by atoms with E-state index < -0.39 is 5.92 Å². The SMILES string of the molecule is C=CCOc1cc(CC(C#N)C=Nc2ccccc2)cc(OCC=C)c1NC(C)=O. The van der Waals surface area contributed by atoms with Crippen molar-refractivity contribution in [3.05, 3.63) is 73.3 Å². The first-order chi connectivity index (χ1) is 14.6. The molecule has 6 nitrogen and oxygen atoms in total. The molecule has 0 aliphatic rings. The molecule has 1 atom stereocenters. The van der Waals surface area contributed by atoms with E-state index >= 15 is 0 Å². The molecule has 1 N–H and O–H groups in total. The zero-order valence-electron chi connectivity index (χ0n) is 17.0. The van der Waals surface area contributed by atoms with Crippen LogP contribution in [0.2, 0.25) is 0 Å². The molecule has 0 saturated heterocycles. The summed E-state index contributed by atoms with van der Waals surface area (Å²) in [6, 6.07) is 15.3. The van der Waals surface area contributed by atoms with Crippen molar-refractivity contribution in [3.63, 3.8) is 0 Å². The summed E-state index contributed by atoms with van der Waals surface area (Å²) in [5, 5.41) is 12.3. The minimum atomic E-state index is -0.448. The number of nitrogens with zero attached hydrogens (tertiary/aromatic N) is 2. The van der Waals surface area contributed by atoms with Crippen LogP contribution in [0.25, 0.3) is 0 Å². The Kier molecular flexibility index (Phi) is 8.88. The lowest BCUT2D eigenvalue weighted by Crippen LogP contribution is -2.12. The molecule has 0 bridgehead atoms. The average molecular weight is 403 g/mol. The molecule has 2 aromatic carbocycles. The van der Waals surface area contributed by atoms with Crippen molar-refractivity contribution in [1.29, 1.82) is 5.26 Å². The third-order valence-corrected chi connectivity index (χ3v) is 3.92. The highest BCUT2D eigenvalue weighted by Crippen LogP contribution is 2.37. The second-order valence-electron chi connectivity index (χ2n) is 6.40. The average Bonchev–Trinajstić information content (AvgIpc) is 2.75. The number of carbonyl (C=O) groups is 1. The minimum Gasteiger partial charge on any atom is -0.487 e. The van der Waals surface area contributed by atoms with Crippen molar-refractivity contribution in [1.82, 2.24) is 0 Å². The van der Waals surface area contributed by atoms with Crippen molar-refractivity contribution in [2.45, 2.75) is 13.3 Å². The van der Waals surface area contributed by atoms with Gasteiger partial charge < -0.3 is 14.8 Å². The zero-order valence-corrected chi connectivity index (χ0v) is 17.0. The quantitative estimate of drug-likeness (QED) is 0.429. The molecular weight excluding hydrogens is 378 g/mol. The van der Waals surface area contributed by atoms with E-state index in [1.54, 1.807) is 30.5 Å². The predicted molar refractivity (Wildman–Crippen MR) is 120 cm³/mol. The predicted octanol–water partition coefficient (Wildman–Crippen LogP) is 4.86. The molecule has 30 heavy (non-hydrogen) atoms. The highest BCUT2D eigenvalue weighted by atomic mass is 16.5. The molecule has 2 aromatic rings. The summed E-state index contributed by atoms with van der Waals surface area (Å²) < 4.78 is 11.5. The Morgan fingerprint density at radius 2 is 1.77 bits per heavy atom. The number of hydrogen-bond donors (Lipinski definition) is 1. The van der Waals surface area contributed by atoms with Crippen LogP contribution in [-0.2, 0) is 11.2 Å². The summed E-state index contributed by atoms with van der Waals surface area (Å²) in [4.78, 5) is 16.1. The lowest BCUT2D eigenvalue weighted by molar-refractivity contribution is -0.114. The molecule has 0 radical (unpaired) electrons. The number of carbonyl (C=O) groups excluding carboxylic acids is 1. The minimum absolute atomic E-state index is 0.250. The van der Waals surface area contributed by atoms with E-state index in [0.717, 1.165) is 11.3 Å². The van der Waals surface area contributed by atoms with Crippen LogP contribution in [-0.4, -0.2) is 25.3 Å². The molecule has 0 aromatic heterocycles. The largest absolute Gasteiger partial charge is 0.487 e. The van der Waals surface area contributed by atoms with Gasteiger partial charge >= 0.3 is 0 Å². The first-order valence-electron chi connectivity index (χ1n) is 9.48. The molecule has 154 valence electrons. The Balaban J connectivity index is 2.35. The lowest BCUT2D eigenvalue weighted by atomic mass is 10.0. The number of nitriles is 1. The fourth-order valence-corrected chi connectivity index (χ4v) is 2.66. The number of ether oxygens (including phenoxy) is 2. The third kappa shape index (κ3) is 6.95. The lowest BCUT2D eigenvalue weighted by Gasteiger charge is -2.18. The Labute approximate surface area is 177 Å². The van der Waals surface area contributed by atoms with Gasteiger partial charge in [-0.15, -0.1) is 0 Å². The van der Waals surface area contributed by atoms with Crippen LogP contribution < -0.4 is 14.8 Å². The van der Waals surface area contributed by atoms with Gasteiger partial charge in [0, 0.05) is 13.1 Å². The van der Waals surface area contributed by atoms with Gasteiger partial charge in [-0.1, -0.05) is 43.5 Å². The number of amides is 1. The highest BCUT2D eigenvalue weighted by Gasteiger charge is 2.17. The number of rotatable bonds is 11. The van der Waals surface area contributed by atoms with Gasteiger partial charge in [-0.05, 0) is 36.2 Å². The summed E-state index contributed by atoms with van der Waals surface area (Å²) in [6.07, 6.45) is 5.26. The van der Waals surface area contributed by atoms with Crippen LogP contribution in [0.3, 0.4) is 0 Å². The maximum absolute atomic E-state index is 11.7. The van der Waals surface area contributed by atoms with Crippen LogP contribution in [0, 0.1) is 17.2 Å². The molecule has 0 spiro atoms. The number of hydrogen-bond acceptors (Lipinski definition) is 5. The standard InChI is InChI=1S/C24H25N3O3/c1-4-11-29-22-14-19(15-23(30-12-5-2)24(22)27-18(3)28)13-20(16-25)17-26-21-9-7-6-8-10-21/h4-10,14-15,17,20H,1-2,11-13H2,3H3,(H,27,28). The summed E-state index contributed by atoms with van der Waals surface area (Å²) >= 11 is 0. The van der Waals surface area contributed by atoms with Crippen LogP contribution in [0.5, 0.6) is 11.5 Å². The van der Waals surface area contributed by atoms with Crippen LogP contribution in [0.1, 0.15) is 12.5 Å². The van der Waals surface area contributed by atoms with E-state index in [0.29, 0.717) is 23.6 Å². The van der Waals surface area contributed by atoms with E-state index in [1.165, 1.54) is 6.92 Å². The van der Waals surface area contributed by atoms with Gasteiger partial charge in [0.25, 0.3) is 0 Å². The Hall–Kier alpha value is -3.85. The number of aliphatic imine (C=N–C) groups is 1. The second-order valence-corrected chi connectivity index (χ2v) is 6.40. The van der Waals surface area contributed by atoms with Gasteiger partial charge in [-0.25, -0.2) is 0 Å². The Morgan fingerprint density at radius 3 is 2.27 bits per heavy atom. The van der Waals surface area contributed by atoms with Gasteiger partial charge in [0.15, 0.2) is 0 Å². The molecule has 0 aliphatic carbocycles. The van der Waals surface area contributed by atoms with Crippen molar-refractivity contribution in [3.8, 4) is 17.6 Å². The first kappa shape index (κ1) is 22.4. The molecule has 1 amide bonds. The van der Waals surface area contributed by atoms with Crippen LogP contribution in [0.15, 0.2) is 72.8 Å².